The molecule has 1 aromatic carbocycles. The molecule has 1 fully saturated rings. The van der Waals surface area contributed by atoms with E-state index in [1.807, 2.05) is 13.8 Å². The lowest BCUT2D eigenvalue weighted by Crippen LogP contribution is -2.43. The Morgan fingerprint density at radius 1 is 1.27 bits per heavy atom. The van der Waals surface area contributed by atoms with Crippen molar-refractivity contribution in [1.29, 1.82) is 0 Å². The average molecular weight is 403 g/mol. The van der Waals surface area contributed by atoms with Gasteiger partial charge in [0.05, 0.1) is 16.4 Å². The van der Waals surface area contributed by atoms with Crippen LogP contribution in [0.1, 0.15) is 30.6 Å². The highest BCUT2D eigenvalue weighted by atomic mass is 32.2. The summed E-state index contributed by atoms with van der Waals surface area (Å²) in [6.45, 7) is 4.33. The number of benzene rings is 1. The third-order valence-corrected chi connectivity index (χ3v) is 7.89. The highest BCUT2D eigenvalue weighted by Crippen LogP contribution is 2.23. The van der Waals surface area contributed by atoms with Crippen molar-refractivity contribution in [1.82, 2.24) is 9.21 Å². The monoisotopic (exact) mass is 402 g/mol. The van der Waals surface area contributed by atoms with Gasteiger partial charge < -0.3 is 4.90 Å². The van der Waals surface area contributed by atoms with E-state index in [0.29, 0.717) is 13.0 Å². The Morgan fingerprint density at radius 2 is 1.92 bits per heavy atom. The van der Waals surface area contributed by atoms with E-state index in [9.17, 15) is 21.6 Å². The van der Waals surface area contributed by atoms with Crippen molar-refractivity contribution in [3.63, 3.8) is 0 Å². The van der Waals surface area contributed by atoms with Crippen molar-refractivity contribution in [2.45, 2.75) is 31.2 Å². The molecule has 9 heteroatoms. The molecule has 0 aromatic heterocycles. The number of rotatable bonds is 6. The van der Waals surface area contributed by atoms with Crippen molar-refractivity contribution >= 4 is 25.8 Å². The van der Waals surface area contributed by atoms with Crippen LogP contribution >= 0.6 is 0 Å². The Hall–Kier alpha value is -1.45. The predicted molar refractivity (Wildman–Crippen MR) is 100 cm³/mol. The molecule has 26 heavy (non-hydrogen) atoms. The van der Waals surface area contributed by atoms with E-state index in [2.05, 4.69) is 0 Å². The molecular formula is C17H26N2O5S2. The van der Waals surface area contributed by atoms with Crippen LogP contribution in [0.25, 0.3) is 0 Å². The van der Waals surface area contributed by atoms with Gasteiger partial charge in [0.1, 0.15) is 0 Å². The largest absolute Gasteiger partial charge is 0.334 e. The quantitative estimate of drug-likeness (QED) is 0.713. The van der Waals surface area contributed by atoms with Crippen molar-refractivity contribution in [3.05, 3.63) is 29.8 Å². The number of sulfonamides is 1. The maximum absolute atomic E-state index is 13.1. The molecule has 1 aliphatic rings. The zero-order valence-electron chi connectivity index (χ0n) is 15.5. The van der Waals surface area contributed by atoms with Crippen LogP contribution in [0.4, 0.5) is 0 Å². The molecular weight excluding hydrogens is 376 g/mol. The number of nitrogens with zero attached hydrogens (tertiary/aromatic N) is 2. The van der Waals surface area contributed by atoms with E-state index < -0.39 is 19.9 Å². The lowest BCUT2D eigenvalue weighted by molar-refractivity contribution is 0.0672. The van der Waals surface area contributed by atoms with E-state index in [1.54, 1.807) is 11.0 Å². The summed E-state index contributed by atoms with van der Waals surface area (Å²) < 4.78 is 49.4. The zero-order chi connectivity index (χ0) is 19.7. The van der Waals surface area contributed by atoms with Gasteiger partial charge in [0.15, 0.2) is 9.84 Å². The second-order valence-corrected chi connectivity index (χ2v) is 11.6. The topological polar surface area (TPSA) is 91.8 Å². The Balaban J connectivity index is 2.37. The molecule has 0 radical (unpaired) electrons. The number of carbonyl (C=O) groups is 1. The van der Waals surface area contributed by atoms with Crippen LogP contribution in [0.3, 0.4) is 0 Å². The molecule has 1 aliphatic heterocycles. The molecule has 0 spiro atoms. The van der Waals surface area contributed by atoms with Gasteiger partial charge in [0.2, 0.25) is 10.0 Å². The number of hydrogen-bond donors (Lipinski definition) is 0. The molecule has 146 valence electrons. The maximum atomic E-state index is 13.1. The summed E-state index contributed by atoms with van der Waals surface area (Å²) in [5.41, 5.74) is 0.248. The van der Waals surface area contributed by atoms with Gasteiger partial charge >= 0.3 is 0 Å². The Kier molecular flexibility index (Phi) is 6.14. The molecule has 0 bridgehead atoms. The first kappa shape index (κ1) is 20.9. The molecule has 0 unspecified atom stereocenters. The van der Waals surface area contributed by atoms with E-state index in [0.717, 1.165) is 4.31 Å². The molecule has 1 heterocycles. The minimum absolute atomic E-state index is 0.0388. The van der Waals surface area contributed by atoms with Gasteiger partial charge in [0.25, 0.3) is 5.91 Å². The van der Waals surface area contributed by atoms with Gasteiger partial charge in [-0.1, -0.05) is 19.9 Å². The first-order chi connectivity index (χ1) is 11.9. The smallest absolute Gasteiger partial charge is 0.254 e. The highest BCUT2D eigenvalue weighted by molar-refractivity contribution is 7.91. The normalized spacial score (nSPS) is 19.8. The Morgan fingerprint density at radius 3 is 2.42 bits per heavy atom. The lowest BCUT2D eigenvalue weighted by atomic mass is 10.1. The number of carbonyl (C=O) groups excluding carboxylic acids is 1. The summed E-state index contributed by atoms with van der Waals surface area (Å²) >= 11 is 0. The molecule has 0 saturated carbocycles. The zero-order valence-corrected chi connectivity index (χ0v) is 17.2. The second-order valence-electron chi connectivity index (χ2n) is 7.22. The summed E-state index contributed by atoms with van der Waals surface area (Å²) in [5.74, 6) is -0.136. The van der Waals surface area contributed by atoms with Crippen LogP contribution < -0.4 is 0 Å². The molecule has 2 rings (SSSR count). The maximum Gasteiger partial charge on any atom is 0.254 e. The Bertz CT molecular complexity index is 876. The first-order valence-corrected chi connectivity index (χ1v) is 11.7. The van der Waals surface area contributed by atoms with Crippen LogP contribution in [0.2, 0.25) is 0 Å². The van der Waals surface area contributed by atoms with E-state index in [1.165, 1.54) is 32.3 Å². The minimum Gasteiger partial charge on any atom is -0.334 e. The van der Waals surface area contributed by atoms with Crippen molar-refractivity contribution < 1.29 is 21.6 Å². The molecule has 1 aromatic rings. The van der Waals surface area contributed by atoms with Gasteiger partial charge in [-0.25, -0.2) is 21.1 Å². The average Bonchev–Trinajstić information content (AvgIpc) is 2.91. The van der Waals surface area contributed by atoms with E-state index in [-0.39, 0.29) is 39.8 Å². The summed E-state index contributed by atoms with van der Waals surface area (Å²) in [7, 11) is -3.93. The third-order valence-electron chi connectivity index (χ3n) is 4.33. The van der Waals surface area contributed by atoms with Crippen LogP contribution in [0.5, 0.6) is 0 Å². The van der Waals surface area contributed by atoms with Gasteiger partial charge in [-0.15, -0.1) is 0 Å². The van der Waals surface area contributed by atoms with Crippen molar-refractivity contribution in [2.24, 2.45) is 5.92 Å². The van der Waals surface area contributed by atoms with Crippen molar-refractivity contribution in [2.75, 3.05) is 32.1 Å². The van der Waals surface area contributed by atoms with Crippen LogP contribution in [0.15, 0.2) is 29.2 Å². The van der Waals surface area contributed by atoms with Crippen LogP contribution in [0, 0.1) is 5.92 Å². The fourth-order valence-electron chi connectivity index (χ4n) is 2.98. The summed E-state index contributed by atoms with van der Waals surface area (Å²) in [6, 6.07) is 5.52. The fourth-order valence-corrected chi connectivity index (χ4v) is 5.66. The molecule has 0 N–H and O–H groups in total. The van der Waals surface area contributed by atoms with Gasteiger partial charge in [0, 0.05) is 32.2 Å². The standard InChI is InChI=1S/C17H26N2O5S2/c1-13(2)11-19(15-8-9-25(21,22)12-15)17(20)14-6-5-7-16(10-14)26(23,24)18(3)4/h5-7,10,13,15H,8-9,11-12H2,1-4H3/t15-/m1/s1. The molecule has 1 atom stereocenters. The van der Waals surface area contributed by atoms with Crippen LogP contribution in [-0.4, -0.2) is 70.1 Å². The Labute approximate surface area is 156 Å². The van der Waals surface area contributed by atoms with E-state index in [4.69, 9.17) is 0 Å². The first-order valence-electron chi connectivity index (χ1n) is 8.48. The van der Waals surface area contributed by atoms with Gasteiger partial charge in [-0.3, -0.25) is 4.79 Å². The third kappa shape index (κ3) is 4.63. The number of hydrogen-bond acceptors (Lipinski definition) is 5. The molecule has 1 saturated heterocycles. The van der Waals surface area contributed by atoms with Gasteiger partial charge in [-0.05, 0) is 30.5 Å². The summed E-state index contributed by atoms with van der Waals surface area (Å²) in [4.78, 5) is 14.7. The summed E-state index contributed by atoms with van der Waals surface area (Å²) in [6.07, 6.45) is 0.413. The predicted octanol–water partition coefficient (Wildman–Crippen LogP) is 1.22. The lowest BCUT2D eigenvalue weighted by Gasteiger charge is -2.30. The van der Waals surface area contributed by atoms with E-state index >= 15 is 0 Å². The highest BCUT2D eigenvalue weighted by Gasteiger charge is 2.35. The number of amides is 1. The molecule has 1 amide bonds. The summed E-state index contributed by atoms with van der Waals surface area (Å²) in [5, 5.41) is 0. The molecule has 7 nitrogen and oxygen atoms in total. The molecule has 0 aliphatic carbocycles. The second kappa shape index (κ2) is 7.66. The van der Waals surface area contributed by atoms with Crippen LogP contribution in [-0.2, 0) is 19.9 Å². The minimum atomic E-state index is -3.65. The number of sulfone groups is 1. The van der Waals surface area contributed by atoms with Gasteiger partial charge in [-0.2, -0.15) is 0 Å². The fraction of sp³-hybridized carbons (Fsp3) is 0.588. The SMILES string of the molecule is CC(C)CN(C(=O)c1cccc(S(=O)(=O)N(C)C)c1)[C@@H]1CCS(=O)(=O)C1. The van der Waals surface area contributed by atoms with Crippen molar-refractivity contribution in [3.8, 4) is 0 Å².